The van der Waals surface area contributed by atoms with Crippen molar-refractivity contribution in [1.82, 2.24) is 0 Å². The quantitative estimate of drug-likeness (QED) is 0.359. The molecule has 0 bridgehead atoms. The maximum absolute atomic E-state index is 4.91. The van der Waals surface area contributed by atoms with Gasteiger partial charge in [-0.15, -0.1) is 6.42 Å². The van der Waals surface area contributed by atoms with E-state index in [0.717, 1.165) is 19.4 Å². The van der Waals surface area contributed by atoms with Crippen LogP contribution in [0.1, 0.15) is 12.8 Å². The fourth-order valence-corrected chi connectivity index (χ4v) is 0.834. The van der Waals surface area contributed by atoms with Gasteiger partial charge in [0.25, 0.3) is 0 Å². The van der Waals surface area contributed by atoms with Crippen LogP contribution in [0, 0.1) is 6.08 Å². The predicted octanol–water partition coefficient (Wildman–Crippen LogP) is -4.28. The van der Waals surface area contributed by atoms with Gasteiger partial charge in [0.15, 0.2) is 0 Å². The summed E-state index contributed by atoms with van der Waals surface area (Å²) < 4.78 is 4.91. The maximum Gasteiger partial charge on any atom is 3.00 e. The van der Waals surface area contributed by atoms with E-state index in [0.29, 0.717) is 0 Å². The summed E-state index contributed by atoms with van der Waals surface area (Å²) in [6, 6.07) is 0. The first-order chi connectivity index (χ1) is 4.43. The van der Waals surface area contributed by atoms with Crippen LogP contribution in [-0.2, 0) is 26.5 Å². The van der Waals surface area contributed by atoms with E-state index in [1.54, 1.807) is 7.11 Å². The van der Waals surface area contributed by atoms with Crippen LogP contribution in [0.25, 0.3) is 0 Å². The molecule has 12 heavy (non-hydrogen) atoms. The van der Waals surface area contributed by atoms with Crippen LogP contribution in [0.4, 0.5) is 0 Å². The molecule has 0 aromatic rings. The summed E-state index contributed by atoms with van der Waals surface area (Å²) in [4.78, 5) is 0. The first-order valence-electron chi connectivity index (χ1n) is 3.18. The Morgan fingerprint density at radius 2 is 2.17 bits per heavy atom. The molecule has 67 valence electrons. The second-order valence-corrected chi connectivity index (χ2v) is 2.05. The zero-order valence-electron chi connectivity index (χ0n) is 6.94. The molecule has 1 radical (unpaired) electrons. The van der Waals surface area contributed by atoms with Gasteiger partial charge < -0.3 is 29.6 Å². The van der Waals surface area contributed by atoms with Crippen LogP contribution < -0.4 is 24.8 Å². The van der Waals surface area contributed by atoms with Crippen molar-refractivity contribution in [3.05, 3.63) is 23.8 Å². The molecule has 0 saturated heterocycles. The minimum Gasteiger partial charge on any atom is -1.00 e. The molecule has 0 saturated carbocycles. The van der Waals surface area contributed by atoms with E-state index in [-0.39, 0.29) is 46.5 Å². The zero-order chi connectivity index (χ0) is 6.53. The Kier molecular flexibility index (Phi) is 18.1. The zero-order valence-corrected chi connectivity index (χ0v) is 10.0. The summed E-state index contributed by atoms with van der Waals surface area (Å²) in [6.45, 7) is 0.812. The van der Waals surface area contributed by atoms with Crippen LogP contribution in [0.5, 0.6) is 0 Å². The summed E-state index contributed by atoms with van der Waals surface area (Å²) in [5.41, 5.74) is 1.29. The van der Waals surface area contributed by atoms with Gasteiger partial charge in [-0.25, -0.2) is 11.6 Å². The van der Waals surface area contributed by atoms with Crippen molar-refractivity contribution in [1.29, 1.82) is 0 Å². The van der Waals surface area contributed by atoms with Crippen LogP contribution in [0.3, 0.4) is 0 Å². The Hall–Kier alpha value is 0.734. The Labute approximate surface area is 101 Å². The van der Waals surface area contributed by atoms with Gasteiger partial charge in [-0.1, -0.05) is 0 Å². The molecule has 0 spiro atoms. The Bertz CT molecular complexity index is 146. The fourth-order valence-electron chi connectivity index (χ4n) is 0.834. The van der Waals surface area contributed by atoms with E-state index in [4.69, 9.17) is 4.74 Å². The van der Waals surface area contributed by atoms with Crippen molar-refractivity contribution in [2.45, 2.75) is 12.8 Å². The average Bonchev–Trinajstić information content (AvgIpc) is 2.34. The van der Waals surface area contributed by atoms with Gasteiger partial charge in [0.1, 0.15) is 0 Å². The SMILES string of the molecule is COCCC1=[C-]CC=C1.[Cl-].[Cl-].[Ti+3]. The molecule has 1 nitrogen and oxygen atoms in total. The van der Waals surface area contributed by atoms with Crippen molar-refractivity contribution >= 4 is 0 Å². The fraction of sp³-hybridized carbons (Fsp3) is 0.500. The van der Waals surface area contributed by atoms with Gasteiger partial charge in [0.05, 0.1) is 0 Å². The smallest absolute Gasteiger partial charge is 1.00 e. The van der Waals surface area contributed by atoms with Crippen molar-refractivity contribution in [2.24, 2.45) is 0 Å². The van der Waals surface area contributed by atoms with E-state index in [9.17, 15) is 0 Å². The molecule has 0 unspecified atom stereocenters. The average molecular weight is 242 g/mol. The summed E-state index contributed by atoms with van der Waals surface area (Å²) in [5, 5.41) is 0. The van der Waals surface area contributed by atoms with Crippen molar-refractivity contribution < 1.29 is 51.3 Å². The monoisotopic (exact) mass is 241 g/mol. The second kappa shape index (κ2) is 11.7. The molecule has 0 aromatic carbocycles. The molecule has 0 aromatic heterocycles. The maximum atomic E-state index is 4.91. The van der Waals surface area contributed by atoms with Gasteiger partial charge in [0, 0.05) is 13.7 Å². The number of allylic oxidation sites excluding steroid dienone is 3. The summed E-state index contributed by atoms with van der Waals surface area (Å²) >= 11 is 0. The summed E-state index contributed by atoms with van der Waals surface area (Å²) in [6.07, 6.45) is 9.44. The molecule has 1 rings (SSSR count). The van der Waals surface area contributed by atoms with Crippen molar-refractivity contribution in [3.63, 3.8) is 0 Å². The number of rotatable bonds is 3. The normalized spacial score (nSPS) is 12.2. The van der Waals surface area contributed by atoms with Crippen LogP contribution in [0.2, 0.25) is 0 Å². The third-order valence-electron chi connectivity index (χ3n) is 1.34. The minimum absolute atomic E-state index is 0. The van der Waals surface area contributed by atoms with Crippen LogP contribution >= 0.6 is 0 Å². The molecule has 0 amide bonds. The van der Waals surface area contributed by atoms with Gasteiger partial charge in [-0.2, -0.15) is 6.08 Å². The number of ether oxygens (including phenoxy) is 1. The first-order valence-corrected chi connectivity index (χ1v) is 3.18. The molecule has 0 aliphatic heterocycles. The molecule has 0 fully saturated rings. The molecular formula is C8H11Cl2OTi. The van der Waals surface area contributed by atoms with E-state index in [1.807, 2.05) is 0 Å². The Morgan fingerprint density at radius 3 is 2.58 bits per heavy atom. The number of methoxy groups -OCH3 is 1. The third kappa shape index (κ3) is 7.39. The van der Waals surface area contributed by atoms with E-state index >= 15 is 0 Å². The van der Waals surface area contributed by atoms with E-state index in [1.165, 1.54) is 5.57 Å². The molecule has 1 aliphatic rings. The van der Waals surface area contributed by atoms with Gasteiger partial charge in [-0.3, -0.25) is 6.08 Å². The number of halogens is 2. The van der Waals surface area contributed by atoms with Crippen LogP contribution in [0.15, 0.2) is 17.7 Å². The van der Waals surface area contributed by atoms with Gasteiger partial charge in [-0.05, 0) is 6.42 Å². The second-order valence-electron chi connectivity index (χ2n) is 2.05. The largest absolute Gasteiger partial charge is 3.00 e. The predicted molar refractivity (Wildman–Crippen MR) is 37.0 cm³/mol. The van der Waals surface area contributed by atoms with E-state index < -0.39 is 0 Å². The van der Waals surface area contributed by atoms with Crippen molar-refractivity contribution in [3.8, 4) is 0 Å². The molecule has 4 heteroatoms. The number of hydrogen-bond acceptors (Lipinski definition) is 1. The molecule has 0 N–H and O–H groups in total. The molecule has 0 atom stereocenters. The standard InChI is InChI=1S/C8H11O.2ClH.Ti/c1-9-7-6-8-4-2-3-5-8;;;/h2,4H,3,6-7H2,1H3;2*1H;/q-1;;;+3/p-2. The van der Waals surface area contributed by atoms with Crippen LogP contribution in [-0.4, -0.2) is 13.7 Å². The molecule has 0 heterocycles. The summed E-state index contributed by atoms with van der Waals surface area (Å²) in [5.74, 6) is 0. The topological polar surface area (TPSA) is 9.23 Å². The molecule has 1 aliphatic carbocycles. The van der Waals surface area contributed by atoms with E-state index in [2.05, 4.69) is 18.2 Å². The van der Waals surface area contributed by atoms with Gasteiger partial charge >= 0.3 is 21.7 Å². The Morgan fingerprint density at radius 1 is 1.50 bits per heavy atom. The van der Waals surface area contributed by atoms with Gasteiger partial charge in [0.2, 0.25) is 0 Å². The molecular weight excluding hydrogens is 231 g/mol. The Balaban J connectivity index is -0.000000270. The number of hydrogen-bond donors (Lipinski definition) is 0. The third-order valence-corrected chi connectivity index (χ3v) is 1.34. The summed E-state index contributed by atoms with van der Waals surface area (Å²) in [7, 11) is 1.72. The van der Waals surface area contributed by atoms with Crippen molar-refractivity contribution in [2.75, 3.05) is 13.7 Å². The first kappa shape index (κ1) is 18.5. The minimum atomic E-state index is 0.